The maximum Gasteiger partial charge on any atom is 0.00983 e. The fraction of sp³-hybridized carbons (Fsp3) is 1.00. The molecule has 0 radical (unpaired) electrons. The van der Waals surface area contributed by atoms with Gasteiger partial charge in [0, 0.05) is 6.04 Å². The Balaban J connectivity index is 1.85. The zero-order valence-electron chi connectivity index (χ0n) is 9.00. The van der Waals surface area contributed by atoms with Crippen LogP contribution in [0.3, 0.4) is 0 Å². The molecule has 1 heteroatoms. The van der Waals surface area contributed by atoms with Gasteiger partial charge in [0.25, 0.3) is 0 Å². The molecule has 0 amide bonds. The van der Waals surface area contributed by atoms with Crippen molar-refractivity contribution < 1.29 is 0 Å². The Morgan fingerprint density at radius 1 is 1.15 bits per heavy atom. The Labute approximate surface area is 82.1 Å². The molecular formula is C12H23N. The van der Waals surface area contributed by atoms with Crippen molar-refractivity contribution in [2.75, 3.05) is 0 Å². The van der Waals surface area contributed by atoms with E-state index in [1.54, 1.807) is 0 Å². The molecule has 0 bridgehead atoms. The van der Waals surface area contributed by atoms with Crippen LogP contribution in [-0.2, 0) is 0 Å². The van der Waals surface area contributed by atoms with Crippen LogP contribution in [0.15, 0.2) is 0 Å². The second-order valence-electron chi connectivity index (χ2n) is 5.49. The molecule has 0 spiro atoms. The van der Waals surface area contributed by atoms with E-state index in [4.69, 9.17) is 5.73 Å². The molecule has 0 aromatic carbocycles. The Hall–Kier alpha value is -0.0400. The molecule has 0 heterocycles. The summed E-state index contributed by atoms with van der Waals surface area (Å²) in [6.45, 7) is 4.73. The van der Waals surface area contributed by atoms with E-state index in [1.807, 2.05) is 0 Å². The zero-order chi connectivity index (χ0) is 9.42. The normalized spacial score (nSPS) is 47.3. The summed E-state index contributed by atoms with van der Waals surface area (Å²) in [5.74, 6) is 3.57. The molecule has 1 nitrogen and oxygen atoms in total. The van der Waals surface area contributed by atoms with Crippen LogP contribution >= 0.6 is 0 Å². The highest BCUT2D eigenvalue weighted by molar-refractivity contribution is 4.94. The van der Waals surface area contributed by atoms with E-state index in [9.17, 15) is 0 Å². The molecule has 76 valence electrons. The highest BCUT2D eigenvalue weighted by Gasteiger charge is 2.41. The lowest BCUT2D eigenvalue weighted by atomic mass is 9.77. The van der Waals surface area contributed by atoms with Gasteiger partial charge in [0.2, 0.25) is 0 Å². The van der Waals surface area contributed by atoms with Crippen LogP contribution in [0.5, 0.6) is 0 Å². The second-order valence-corrected chi connectivity index (χ2v) is 5.49. The van der Waals surface area contributed by atoms with Crippen LogP contribution < -0.4 is 5.73 Å². The highest BCUT2D eigenvalue weighted by Crippen LogP contribution is 2.45. The molecule has 2 aliphatic carbocycles. The largest absolute Gasteiger partial charge is 0.327 e. The lowest BCUT2D eigenvalue weighted by Gasteiger charge is -2.31. The molecule has 5 atom stereocenters. The molecule has 0 aliphatic heterocycles. The van der Waals surface area contributed by atoms with Crippen molar-refractivity contribution in [1.82, 2.24) is 0 Å². The first-order chi connectivity index (χ1) is 6.18. The molecule has 2 fully saturated rings. The van der Waals surface area contributed by atoms with Crippen LogP contribution in [0.4, 0.5) is 0 Å². The Bertz CT molecular complexity index is 178. The third kappa shape index (κ3) is 2.07. The van der Waals surface area contributed by atoms with Gasteiger partial charge in [-0.3, -0.25) is 0 Å². The zero-order valence-corrected chi connectivity index (χ0v) is 9.00. The minimum absolute atomic E-state index is 0.526. The average Bonchev–Trinajstić information content (AvgIpc) is 2.81. The molecule has 2 saturated carbocycles. The Morgan fingerprint density at radius 3 is 2.38 bits per heavy atom. The van der Waals surface area contributed by atoms with Gasteiger partial charge >= 0.3 is 0 Å². The van der Waals surface area contributed by atoms with Crippen molar-refractivity contribution in [3.8, 4) is 0 Å². The predicted octanol–water partition coefficient (Wildman–Crippen LogP) is 2.80. The lowest BCUT2D eigenvalue weighted by molar-refractivity contribution is 0.230. The summed E-state index contributed by atoms with van der Waals surface area (Å²) in [5.41, 5.74) is 6.31. The van der Waals surface area contributed by atoms with Gasteiger partial charge in [-0.1, -0.05) is 26.7 Å². The van der Waals surface area contributed by atoms with Gasteiger partial charge in [0.1, 0.15) is 0 Å². The third-order valence-corrected chi connectivity index (χ3v) is 4.19. The van der Waals surface area contributed by atoms with Crippen LogP contribution in [0.25, 0.3) is 0 Å². The van der Waals surface area contributed by atoms with Crippen molar-refractivity contribution in [1.29, 1.82) is 0 Å². The SMILES string of the molecule is CC1CCCC(C(N)C2CC2C)C1. The standard InChI is InChI=1S/C12H23N/c1-8-4-3-5-10(6-8)12(13)11-7-9(11)2/h8-12H,3-7,13H2,1-2H3. The first-order valence-corrected chi connectivity index (χ1v) is 5.94. The van der Waals surface area contributed by atoms with Gasteiger partial charge < -0.3 is 5.73 Å². The van der Waals surface area contributed by atoms with Gasteiger partial charge in [0.05, 0.1) is 0 Å². The fourth-order valence-electron chi connectivity index (χ4n) is 3.07. The minimum Gasteiger partial charge on any atom is -0.327 e. The average molecular weight is 181 g/mol. The summed E-state index contributed by atoms with van der Waals surface area (Å²) >= 11 is 0. The lowest BCUT2D eigenvalue weighted by Crippen LogP contribution is -2.35. The van der Waals surface area contributed by atoms with E-state index in [0.717, 1.165) is 23.7 Å². The molecular weight excluding hydrogens is 158 g/mol. The molecule has 13 heavy (non-hydrogen) atoms. The van der Waals surface area contributed by atoms with E-state index >= 15 is 0 Å². The summed E-state index contributed by atoms with van der Waals surface area (Å²) < 4.78 is 0. The van der Waals surface area contributed by atoms with Gasteiger partial charge in [-0.25, -0.2) is 0 Å². The van der Waals surface area contributed by atoms with Crippen molar-refractivity contribution >= 4 is 0 Å². The maximum atomic E-state index is 6.31. The number of hydrogen-bond donors (Lipinski definition) is 1. The van der Waals surface area contributed by atoms with Gasteiger partial charge in [-0.05, 0) is 42.9 Å². The molecule has 0 aromatic rings. The fourth-order valence-corrected chi connectivity index (χ4v) is 3.07. The Kier molecular flexibility index (Phi) is 2.64. The molecule has 0 aromatic heterocycles. The summed E-state index contributed by atoms with van der Waals surface area (Å²) in [6.07, 6.45) is 7.04. The topological polar surface area (TPSA) is 26.0 Å². The minimum atomic E-state index is 0.526. The second kappa shape index (κ2) is 3.61. The van der Waals surface area contributed by atoms with Crippen LogP contribution in [0.1, 0.15) is 46.0 Å². The summed E-state index contributed by atoms with van der Waals surface area (Å²) in [4.78, 5) is 0. The third-order valence-electron chi connectivity index (χ3n) is 4.19. The first kappa shape index (κ1) is 9.51. The molecule has 2 rings (SSSR count). The van der Waals surface area contributed by atoms with Crippen molar-refractivity contribution in [2.24, 2.45) is 29.4 Å². The molecule has 0 saturated heterocycles. The first-order valence-electron chi connectivity index (χ1n) is 5.94. The van der Waals surface area contributed by atoms with E-state index in [1.165, 1.54) is 32.1 Å². The predicted molar refractivity (Wildman–Crippen MR) is 56.4 cm³/mol. The van der Waals surface area contributed by atoms with Gasteiger partial charge in [-0.2, -0.15) is 0 Å². The maximum absolute atomic E-state index is 6.31. The smallest absolute Gasteiger partial charge is 0.00983 e. The van der Waals surface area contributed by atoms with Crippen molar-refractivity contribution in [3.05, 3.63) is 0 Å². The summed E-state index contributed by atoms with van der Waals surface area (Å²) in [6, 6.07) is 0.526. The van der Waals surface area contributed by atoms with Crippen LogP contribution in [0.2, 0.25) is 0 Å². The van der Waals surface area contributed by atoms with Crippen LogP contribution in [0, 0.1) is 23.7 Å². The molecule has 5 unspecified atom stereocenters. The van der Waals surface area contributed by atoms with Crippen molar-refractivity contribution in [2.45, 2.75) is 52.0 Å². The number of rotatable bonds is 2. The van der Waals surface area contributed by atoms with E-state index < -0.39 is 0 Å². The highest BCUT2D eigenvalue weighted by atomic mass is 14.7. The number of nitrogens with two attached hydrogens (primary N) is 1. The van der Waals surface area contributed by atoms with E-state index in [-0.39, 0.29) is 0 Å². The summed E-state index contributed by atoms with van der Waals surface area (Å²) in [7, 11) is 0. The Morgan fingerprint density at radius 2 is 1.85 bits per heavy atom. The van der Waals surface area contributed by atoms with E-state index in [0.29, 0.717) is 6.04 Å². The van der Waals surface area contributed by atoms with Gasteiger partial charge in [0.15, 0.2) is 0 Å². The summed E-state index contributed by atoms with van der Waals surface area (Å²) in [5, 5.41) is 0. The monoisotopic (exact) mass is 181 g/mol. The van der Waals surface area contributed by atoms with Gasteiger partial charge in [-0.15, -0.1) is 0 Å². The number of hydrogen-bond acceptors (Lipinski definition) is 1. The quantitative estimate of drug-likeness (QED) is 0.696. The van der Waals surface area contributed by atoms with Crippen molar-refractivity contribution in [3.63, 3.8) is 0 Å². The van der Waals surface area contributed by atoms with E-state index in [2.05, 4.69) is 13.8 Å². The molecule has 2 N–H and O–H groups in total. The molecule has 2 aliphatic rings. The van der Waals surface area contributed by atoms with Crippen LogP contribution in [-0.4, -0.2) is 6.04 Å².